The largest absolute Gasteiger partial charge is 0.497 e. The van der Waals surface area contributed by atoms with Crippen molar-refractivity contribution in [1.29, 1.82) is 0 Å². The summed E-state index contributed by atoms with van der Waals surface area (Å²) in [6.45, 7) is 0.848. The summed E-state index contributed by atoms with van der Waals surface area (Å²) in [6.07, 6.45) is -0.325. The van der Waals surface area contributed by atoms with E-state index < -0.39 is 10.0 Å². The Kier molecular flexibility index (Phi) is 5.09. The summed E-state index contributed by atoms with van der Waals surface area (Å²) in [6, 6.07) is 15.5. The molecule has 0 spiro atoms. The van der Waals surface area contributed by atoms with Crippen molar-refractivity contribution in [3.63, 3.8) is 0 Å². The van der Waals surface area contributed by atoms with Crippen LogP contribution in [0.1, 0.15) is 5.56 Å². The van der Waals surface area contributed by atoms with Gasteiger partial charge in [0.2, 0.25) is 15.9 Å². The van der Waals surface area contributed by atoms with E-state index in [-0.39, 0.29) is 42.6 Å². The highest BCUT2D eigenvalue weighted by Crippen LogP contribution is 2.29. The van der Waals surface area contributed by atoms with Crippen LogP contribution in [-0.2, 0) is 26.1 Å². The highest BCUT2D eigenvalue weighted by atomic mass is 32.2. The molecule has 28 heavy (non-hydrogen) atoms. The van der Waals surface area contributed by atoms with E-state index in [1.165, 1.54) is 4.31 Å². The number of ether oxygens (including phenoxy) is 2. The van der Waals surface area contributed by atoms with E-state index in [0.29, 0.717) is 6.54 Å². The van der Waals surface area contributed by atoms with Gasteiger partial charge in [0.15, 0.2) is 0 Å². The predicted octanol–water partition coefficient (Wildman–Crippen LogP) is 1.50. The van der Waals surface area contributed by atoms with Crippen LogP contribution in [0.25, 0.3) is 0 Å². The van der Waals surface area contributed by atoms with Crippen LogP contribution in [0.2, 0.25) is 0 Å². The van der Waals surface area contributed by atoms with E-state index in [4.69, 9.17) is 9.47 Å². The molecule has 0 unspecified atom stereocenters. The summed E-state index contributed by atoms with van der Waals surface area (Å²) >= 11 is 0. The number of hydrogen-bond acceptors (Lipinski definition) is 5. The molecule has 0 radical (unpaired) electrons. The van der Waals surface area contributed by atoms with Crippen molar-refractivity contribution in [3.8, 4) is 5.75 Å². The molecule has 0 aliphatic carbocycles. The first-order valence-corrected chi connectivity index (χ1v) is 10.5. The van der Waals surface area contributed by atoms with Crippen molar-refractivity contribution in [2.24, 2.45) is 0 Å². The zero-order valence-electron chi connectivity index (χ0n) is 15.5. The highest BCUT2D eigenvalue weighted by Gasteiger charge is 2.46. The third-order valence-electron chi connectivity index (χ3n) is 5.24. The summed E-state index contributed by atoms with van der Waals surface area (Å²) in [5, 5.41) is 0. The number of fused-ring (bicyclic) bond motifs is 1. The summed E-state index contributed by atoms with van der Waals surface area (Å²) in [7, 11) is -2.02. The number of nitrogens with zero attached hydrogens (tertiary/aromatic N) is 2. The van der Waals surface area contributed by atoms with Crippen LogP contribution in [-0.4, -0.2) is 62.5 Å². The molecule has 0 aromatic heterocycles. The van der Waals surface area contributed by atoms with Gasteiger partial charge in [0.1, 0.15) is 12.4 Å². The van der Waals surface area contributed by atoms with Crippen LogP contribution in [0.5, 0.6) is 5.75 Å². The van der Waals surface area contributed by atoms with Gasteiger partial charge in [0.05, 0.1) is 24.2 Å². The van der Waals surface area contributed by atoms with Crippen LogP contribution in [0.15, 0.2) is 59.5 Å². The maximum absolute atomic E-state index is 12.9. The minimum absolute atomic E-state index is 0.0312. The van der Waals surface area contributed by atoms with Crippen LogP contribution >= 0.6 is 0 Å². The Bertz CT molecular complexity index is 946. The summed E-state index contributed by atoms with van der Waals surface area (Å²) in [5.74, 6) is 0.618. The van der Waals surface area contributed by atoms with Gasteiger partial charge in [-0.1, -0.05) is 30.3 Å². The smallest absolute Gasteiger partial charge is 0.249 e. The number of carbonyl (C=O) groups excluding carboxylic acids is 1. The highest BCUT2D eigenvalue weighted by molar-refractivity contribution is 7.89. The van der Waals surface area contributed by atoms with Gasteiger partial charge in [0.25, 0.3) is 0 Å². The van der Waals surface area contributed by atoms with Gasteiger partial charge in [-0.05, 0) is 29.8 Å². The molecule has 7 nitrogen and oxygen atoms in total. The molecule has 2 aromatic rings. The van der Waals surface area contributed by atoms with Gasteiger partial charge in [-0.2, -0.15) is 4.31 Å². The number of morpholine rings is 1. The molecule has 2 aromatic carbocycles. The Morgan fingerprint density at radius 3 is 2.46 bits per heavy atom. The molecular formula is C20H22N2O5S. The molecule has 148 valence electrons. The minimum atomic E-state index is -3.62. The molecule has 1 amide bonds. The average Bonchev–Trinajstić information content (AvgIpc) is 3.17. The normalized spacial score (nSPS) is 22.9. The van der Waals surface area contributed by atoms with Crippen molar-refractivity contribution in [3.05, 3.63) is 60.2 Å². The van der Waals surface area contributed by atoms with Gasteiger partial charge in [0, 0.05) is 19.6 Å². The first-order chi connectivity index (χ1) is 13.5. The van der Waals surface area contributed by atoms with Gasteiger partial charge >= 0.3 is 0 Å². The fourth-order valence-electron chi connectivity index (χ4n) is 3.70. The topological polar surface area (TPSA) is 76.2 Å². The number of sulfonamides is 1. The van der Waals surface area contributed by atoms with E-state index >= 15 is 0 Å². The zero-order chi connectivity index (χ0) is 19.7. The molecular weight excluding hydrogens is 380 g/mol. The molecule has 8 heteroatoms. The minimum Gasteiger partial charge on any atom is -0.497 e. The third kappa shape index (κ3) is 3.50. The number of methoxy groups -OCH3 is 1. The van der Waals surface area contributed by atoms with Crippen molar-refractivity contribution >= 4 is 15.9 Å². The van der Waals surface area contributed by atoms with E-state index in [2.05, 4.69) is 0 Å². The number of benzene rings is 2. The monoisotopic (exact) mass is 402 g/mol. The van der Waals surface area contributed by atoms with Crippen LogP contribution in [0.4, 0.5) is 0 Å². The molecule has 2 heterocycles. The van der Waals surface area contributed by atoms with Crippen LogP contribution in [0.3, 0.4) is 0 Å². The Morgan fingerprint density at radius 1 is 1.07 bits per heavy atom. The van der Waals surface area contributed by atoms with Gasteiger partial charge in [-0.3, -0.25) is 4.79 Å². The number of amides is 1. The lowest BCUT2D eigenvalue weighted by atomic mass is 10.1. The molecule has 2 aliphatic heterocycles. The standard InChI is InChI=1S/C20H22N2O5S/c1-26-16-9-7-15(8-10-16)11-22-18-12-21(13-19(18)27-14-20(22)23)28(24,25)17-5-3-2-4-6-17/h2-10,18-19H,11-14H2,1H3/t18-,19+/m1/s1. The Morgan fingerprint density at radius 2 is 1.79 bits per heavy atom. The second-order valence-corrected chi connectivity index (χ2v) is 8.86. The molecule has 2 saturated heterocycles. The van der Waals surface area contributed by atoms with Crippen molar-refractivity contribution < 1.29 is 22.7 Å². The second-order valence-electron chi connectivity index (χ2n) is 6.92. The van der Waals surface area contributed by atoms with Crippen LogP contribution < -0.4 is 4.74 Å². The third-order valence-corrected chi connectivity index (χ3v) is 7.08. The molecule has 0 N–H and O–H groups in total. The maximum atomic E-state index is 12.9. The van der Waals surface area contributed by atoms with E-state index in [1.54, 1.807) is 42.3 Å². The first kappa shape index (κ1) is 18.9. The fourth-order valence-corrected chi connectivity index (χ4v) is 5.19. The maximum Gasteiger partial charge on any atom is 0.249 e. The summed E-state index contributed by atoms with van der Waals surface area (Å²) in [5.41, 5.74) is 0.958. The SMILES string of the molecule is COc1ccc(CN2C(=O)CO[C@H]3CN(S(=O)(=O)c4ccccc4)C[C@H]32)cc1. The molecule has 2 fully saturated rings. The van der Waals surface area contributed by atoms with E-state index in [1.807, 2.05) is 24.3 Å². The van der Waals surface area contributed by atoms with Gasteiger partial charge in [-0.15, -0.1) is 0 Å². The molecule has 0 bridgehead atoms. The molecule has 2 aliphatic rings. The second kappa shape index (κ2) is 7.54. The number of rotatable bonds is 5. The Hall–Kier alpha value is -2.42. The quantitative estimate of drug-likeness (QED) is 0.758. The molecule has 4 rings (SSSR count). The van der Waals surface area contributed by atoms with E-state index in [0.717, 1.165) is 11.3 Å². The first-order valence-electron chi connectivity index (χ1n) is 9.08. The Labute approximate surface area is 164 Å². The van der Waals surface area contributed by atoms with Gasteiger partial charge < -0.3 is 14.4 Å². The van der Waals surface area contributed by atoms with Crippen molar-refractivity contribution in [2.45, 2.75) is 23.6 Å². The number of hydrogen-bond donors (Lipinski definition) is 0. The van der Waals surface area contributed by atoms with Crippen molar-refractivity contribution in [1.82, 2.24) is 9.21 Å². The van der Waals surface area contributed by atoms with Gasteiger partial charge in [-0.25, -0.2) is 8.42 Å². The lowest BCUT2D eigenvalue weighted by Crippen LogP contribution is -2.53. The lowest BCUT2D eigenvalue weighted by molar-refractivity contribution is -0.153. The zero-order valence-corrected chi connectivity index (χ0v) is 16.3. The average molecular weight is 402 g/mol. The van der Waals surface area contributed by atoms with Crippen molar-refractivity contribution in [2.75, 3.05) is 26.8 Å². The summed E-state index contributed by atoms with van der Waals surface area (Å²) < 4.78 is 38.1. The lowest BCUT2D eigenvalue weighted by Gasteiger charge is -2.36. The van der Waals surface area contributed by atoms with Crippen LogP contribution in [0, 0.1) is 0 Å². The number of carbonyl (C=O) groups is 1. The molecule has 2 atom stereocenters. The fraction of sp³-hybridized carbons (Fsp3) is 0.350. The summed E-state index contributed by atoms with van der Waals surface area (Å²) in [4.78, 5) is 14.5. The Balaban J connectivity index is 1.54. The predicted molar refractivity (Wildman–Crippen MR) is 102 cm³/mol. The van der Waals surface area contributed by atoms with E-state index in [9.17, 15) is 13.2 Å². The molecule has 0 saturated carbocycles.